The number of para-hydroxylation sites is 1. The third kappa shape index (κ3) is 15.9. The van der Waals surface area contributed by atoms with E-state index in [0.29, 0.717) is 0 Å². The summed E-state index contributed by atoms with van der Waals surface area (Å²) in [5.41, 5.74) is -28.9. The van der Waals surface area contributed by atoms with Crippen LogP contribution in [-0.4, -0.2) is 25.6 Å². The lowest BCUT2D eigenvalue weighted by atomic mass is 9.12. The fourth-order valence-corrected chi connectivity index (χ4v) is 14.9. The Morgan fingerprint density at radius 1 is 0.337 bits per heavy atom. The second-order valence-electron chi connectivity index (χ2n) is 18.0. The van der Waals surface area contributed by atoms with E-state index in [2.05, 4.69) is 126 Å². The van der Waals surface area contributed by atoms with Crippen LogP contribution in [0.4, 0.5) is 111 Å². The molecule has 7 aromatic rings. The van der Waals surface area contributed by atoms with E-state index in [0.717, 1.165) is 0 Å². The van der Waals surface area contributed by atoms with Gasteiger partial charge >= 0.3 is 49.4 Å². The van der Waals surface area contributed by atoms with Crippen LogP contribution in [0.2, 0.25) is 0 Å². The number of nitrogens with zero attached hydrogens (tertiary/aromatic N) is 1. The first-order valence-electron chi connectivity index (χ1n) is 22.8. The lowest BCUT2D eigenvalue weighted by molar-refractivity contribution is -0.144. The molecule has 1 nitrogen and oxygen atoms in total. The second kappa shape index (κ2) is 24.8. The minimum atomic E-state index is -6.13. The number of hydrogen-bond acceptors (Lipinski definition) is 1. The van der Waals surface area contributed by atoms with Crippen molar-refractivity contribution in [3.05, 3.63) is 202 Å². The van der Waals surface area contributed by atoms with Crippen molar-refractivity contribution in [2.45, 2.75) is 49.4 Å². The molecule has 0 bridgehead atoms. The maximum atomic E-state index is 14.2. The van der Waals surface area contributed by atoms with Gasteiger partial charge in [-0.1, -0.05) is 97.1 Å². The van der Waals surface area contributed by atoms with Crippen LogP contribution in [0.15, 0.2) is 158 Å². The van der Waals surface area contributed by atoms with Crippen LogP contribution < -0.4 is 42.7 Å². The summed E-state index contributed by atoms with van der Waals surface area (Å²) in [6, 6.07) is 21.8. The van der Waals surface area contributed by atoms with Crippen LogP contribution in [0.1, 0.15) is 44.5 Å². The highest BCUT2D eigenvalue weighted by atomic mass is 127. The first-order valence-corrected chi connectivity index (χ1v) is 28.4. The number of halogens is 27. The molecule has 7 rings (SSSR count). The van der Waals surface area contributed by atoms with Crippen LogP contribution in [0, 0.1) is 0 Å². The standard InChI is InChI=1S/C32H12BF24.C20H20INP.CH2Cl2/c34-25(35,36)13-1-14(26(37,38)39)6-21(5-13)33(22-7-15(27(40,41)42)2-16(8-22)28(43,44)45,23-9-17(29(46,47)48)3-18(10-23)30(49,50)51)24-11-19(31(52,53)54)4-20(12-24)32(55,56)57;1-22(2)19-15-9-10-16-20(19)23(21,17-11-5-3-6-12-17)18-13-7-4-8-14-18;2-1-3/h1-12H;3-16H,1-2H3;1H2/q-1;+1;. The summed E-state index contributed by atoms with van der Waals surface area (Å²) >= 11 is 12.2. The molecule has 0 N–H and O–H groups in total. The fraction of sp³-hybridized carbons (Fsp3) is 0.208. The Hall–Kier alpha value is -5.54. The van der Waals surface area contributed by atoms with Crippen molar-refractivity contribution in [1.29, 1.82) is 0 Å². The smallest absolute Gasteiger partial charge is 0.374 e. The Balaban J connectivity index is 0.000000399. The molecule has 0 radical (unpaired) electrons. The number of anilines is 1. The van der Waals surface area contributed by atoms with E-state index in [1.165, 1.54) is 21.6 Å². The number of benzene rings is 7. The highest BCUT2D eigenvalue weighted by Gasteiger charge is 2.48. The van der Waals surface area contributed by atoms with Crippen LogP contribution >= 0.6 is 50.1 Å². The Bertz CT molecular complexity index is 2880. The van der Waals surface area contributed by atoms with Gasteiger partial charge in [-0.25, -0.2) is 0 Å². The predicted octanol–water partition coefficient (Wildman–Crippen LogP) is 17.0. The van der Waals surface area contributed by atoms with E-state index in [4.69, 9.17) is 23.2 Å². The van der Waals surface area contributed by atoms with Crippen LogP contribution in [0.5, 0.6) is 0 Å². The second-order valence-corrected chi connectivity index (χ2v) is 25.8. The summed E-state index contributed by atoms with van der Waals surface area (Å²) < 4.78 is 341. The number of alkyl halides is 26. The molecular formula is C53H34BCl2F24INP. The molecule has 0 saturated heterocycles. The summed E-state index contributed by atoms with van der Waals surface area (Å²) in [6.07, 6.45) is -54.8. The molecular weight excluding hydrogens is 1350 g/mol. The molecule has 83 heavy (non-hydrogen) atoms. The van der Waals surface area contributed by atoms with Gasteiger partial charge in [0.05, 0.1) is 55.5 Å². The monoisotopic (exact) mass is 1380 g/mol. The van der Waals surface area contributed by atoms with Gasteiger partial charge in [0.1, 0.15) is 22.1 Å². The topological polar surface area (TPSA) is 3.24 Å². The lowest BCUT2D eigenvalue weighted by Gasteiger charge is -2.46. The molecule has 0 spiro atoms. The minimum Gasteiger partial charge on any atom is -0.374 e. The van der Waals surface area contributed by atoms with Crippen LogP contribution in [-0.2, 0) is 49.4 Å². The summed E-state index contributed by atoms with van der Waals surface area (Å²) in [4.78, 5) is 0.527. The first kappa shape index (κ1) is 68.2. The largest absolute Gasteiger partial charge is 0.416 e. The van der Waals surface area contributed by atoms with Crippen LogP contribution in [0.25, 0.3) is 0 Å². The average Bonchev–Trinajstić information content (AvgIpc) is 1.92. The van der Waals surface area contributed by atoms with Gasteiger partial charge in [-0.05, 0) is 60.7 Å². The van der Waals surface area contributed by atoms with Crippen molar-refractivity contribution in [1.82, 2.24) is 0 Å². The lowest BCUT2D eigenvalue weighted by Crippen LogP contribution is -2.75. The minimum absolute atomic E-state index is 0.194. The van der Waals surface area contributed by atoms with Crippen molar-refractivity contribution in [2.75, 3.05) is 24.3 Å². The van der Waals surface area contributed by atoms with Crippen LogP contribution in [0.3, 0.4) is 0 Å². The summed E-state index contributed by atoms with van der Waals surface area (Å²) in [7, 11) is 4.24. The van der Waals surface area contributed by atoms with Crippen molar-refractivity contribution in [3.8, 4) is 0 Å². The van der Waals surface area contributed by atoms with Crippen molar-refractivity contribution in [3.63, 3.8) is 0 Å². The van der Waals surface area contributed by atoms with E-state index in [-0.39, 0.29) is 5.34 Å². The molecule has 30 heteroatoms. The number of hydrogen-bond donors (Lipinski definition) is 0. The van der Waals surface area contributed by atoms with Crippen molar-refractivity contribution in [2.24, 2.45) is 0 Å². The van der Waals surface area contributed by atoms with Gasteiger partial charge in [0, 0.05) is 14.1 Å². The average molecular weight is 1380 g/mol. The van der Waals surface area contributed by atoms with E-state index >= 15 is 0 Å². The molecule has 0 aliphatic carbocycles. The van der Waals surface area contributed by atoms with E-state index in [1.807, 2.05) is 0 Å². The van der Waals surface area contributed by atoms with Gasteiger partial charge < -0.3 is 4.90 Å². The normalized spacial score (nSPS) is 13.2. The maximum Gasteiger partial charge on any atom is 0.416 e. The molecule has 0 saturated carbocycles. The molecule has 0 aromatic heterocycles. The quantitative estimate of drug-likeness (QED) is 0.0482. The highest BCUT2D eigenvalue weighted by Crippen LogP contribution is 2.64. The van der Waals surface area contributed by atoms with Gasteiger partial charge in [-0.2, -0.15) is 127 Å². The molecule has 0 fully saturated rings. The van der Waals surface area contributed by atoms with E-state index in [1.54, 1.807) is 0 Å². The Morgan fingerprint density at radius 2 is 0.530 bits per heavy atom. The molecule has 0 aliphatic heterocycles. The maximum absolute atomic E-state index is 14.2. The molecule has 0 aliphatic rings. The summed E-state index contributed by atoms with van der Waals surface area (Å²) in [6.45, 7) is 0. The van der Waals surface area contributed by atoms with Gasteiger partial charge in [0.2, 0.25) is 0 Å². The summed E-state index contributed by atoms with van der Waals surface area (Å²) in [5.74, 6) is 0. The molecule has 448 valence electrons. The Kier molecular flexibility index (Phi) is 20.4. The first-order chi connectivity index (χ1) is 37.8. The van der Waals surface area contributed by atoms with Crippen molar-refractivity contribution < 1.29 is 105 Å². The molecule has 0 amide bonds. The predicted molar refractivity (Wildman–Crippen MR) is 280 cm³/mol. The van der Waals surface area contributed by atoms with Gasteiger partial charge in [0.25, 0.3) is 0 Å². The number of rotatable bonds is 8. The molecule has 7 aromatic carbocycles. The van der Waals surface area contributed by atoms with Gasteiger partial charge in [0.15, 0.2) is 26.9 Å². The summed E-state index contributed by atoms with van der Waals surface area (Å²) in [5, 5.41) is 4.42. The van der Waals surface area contributed by atoms with Crippen molar-refractivity contribution >= 4 is 99.7 Å². The van der Waals surface area contributed by atoms with Gasteiger partial charge in [-0.3, -0.25) is 0 Å². The van der Waals surface area contributed by atoms with E-state index < -0.39 is 200 Å². The Morgan fingerprint density at radius 3 is 0.723 bits per heavy atom. The SMILES string of the molecule is CN(C)c1ccccc1[P+](I)(c1ccccc1)c1ccccc1.ClCCl.FC(F)(F)c1cc([B-](c2cc(C(F)(F)F)cc(C(F)(F)F)c2)(c2cc(C(F)(F)F)cc(C(F)(F)F)c2)c2cc(C(F)(F)F)cc(C(F)(F)F)c2)cc(C(F)(F)F)c1. The Labute approximate surface area is 478 Å². The van der Waals surface area contributed by atoms with E-state index in [9.17, 15) is 105 Å². The highest BCUT2D eigenvalue weighted by molar-refractivity contribution is 14.2. The van der Waals surface area contributed by atoms with Gasteiger partial charge in [-0.15, -0.1) is 23.2 Å². The molecule has 0 unspecified atom stereocenters. The zero-order valence-corrected chi connectivity index (χ0v) is 46.0. The third-order valence-electron chi connectivity index (χ3n) is 12.4. The third-order valence-corrected chi connectivity index (χ3v) is 20.3. The molecule has 0 heterocycles. The molecule has 0 atom stereocenters. The zero-order chi connectivity index (χ0) is 62.9. The fourth-order valence-electron chi connectivity index (χ4n) is 8.87. The zero-order valence-electron chi connectivity index (χ0n) is 41.4.